The zero-order chi connectivity index (χ0) is 57.7. The molecule has 12 atom stereocenters. The molecule has 23 heteroatoms. The Bertz CT molecular complexity index is 2320. The normalized spacial score (nSPS) is 18.4. The largest absolute Gasteiger partial charge is 0.480 e. The highest BCUT2D eigenvalue weighted by Gasteiger charge is 2.44. The summed E-state index contributed by atoms with van der Waals surface area (Å²) < 4.78 is 31.8. The molecule has 0 saturated carbocycles. The van der Waals surface area contributed by atoms with E-state index in [1.54, 1.807) is 77.8 Å². The van der Waals surface area contributed by atoms with Crippen molar-refractivity contribution in [2.45, 2.75) is 149 Å². The van der Waals surface area contributed by atoms with Crippen molar-refractivity contribution in [2.24, 2.45) is 34.7 Å². The van der Waals surface area contributed by atoms with Crippen molar-refractivity contribution in [3.8, 4) is 0 Å². The summed E-state index contributed by atoms with van der Waals surface area (Å²) in [5.74, 6) is -6.12. The Morgan fingerprint density at radius 1 is 0.883 bits per heavy atom. The molecular formula is C54H86N9O13P. The number of likely N-dealkylation sites (tertiary alicyclic amines) is 1. The van der Waals surface area contributed by atoms with Crippen LogP contribution in [0.4, 0.5) is 0 Å². The molecule has 4 unspecified atom stereocenters. The van der Waals surface area contributed by atoms with Crippen molar-refractivity contribution < 1.29 is 62.4 Å². The van der Waals surface area contributed by atoms with Crippen LogP contribution in [0.3, 0.4) is 0 Å². The molecule has 1 heterocycles. The number of methoxy groups -OCH3 is 2. The first-order chi connectivity index (χ1) is 36.3. The van der Waals surface area contributed by atoms with Crippen molar-refractivity contribution >= 4 is 43.3 Å². The molecule has 1 aliphatic rings. The van der Waals surface area contributed by atoms with E-state index in [9.17, 15) is 48.4 Å². The van der Waals surface area contributed by atoms with Crippen molar-refractivity contribution in [1.29, 1.82) is 0 Å². The SMILES string of the molecule is CC[C@H](C)[C@@H]([C@@H](CC(=O)N1CCC([C@H](OC)[C@@H](C)C(=O)N[C@H](C)[C@@H](O)c2ccccc2)C1)OC)N(C)C(=O)C(NC(=O)C(C(C)C)N(C)P(=O)(O)OC[C@H](NC(=O)c1ccc(CCCCCN=[N+]=[N-])cc1)C(=O)O)C(C)C. The fraction of sp³-hybridized carbons (Fsp3) is 0.667. The fourth-order valence-electron chi connectivity index (χ4n) is 9.91. The summed E-state index contributed by atoms with van der Waals surface area (Å²) in [6.45, 7) is 14.4. The lowest BCUT2D eigenvalue weighted by atomic mass is 9.89. The molecule has 5 amide bonds. The number of azide groups is 1. The monoisotopic (exact) mass is 1100 g/mol. The van der Waals surface area contributed by atoms with Gasteiger partial charge in [0.2, 0.25) is 23.6 Å². The van der Waals surface area contributed by atoms with Gasteiger partial charge in [0, 0.05) is 57.3 Å². The number of unbranched alkanes of at least 4 members (excludes halogenated alkanes) is 2. The summed E-state index contributed by atoms with van der Waals surface area (Å²) in [6.07, 6.45) is 2.05. The zero-order valence-electron chi connectivity index (χ0n) is 47.0. The van der Waals surface area contributed by atoms with Crippen LogP contribution in [0, 0.1) is 29.6 Å². The number of carboxylic acids is 1. The Morgan fingerprint density at radius 2 is 1.53 bits per heavy atom. The molecule has 1 aliphatic heterocycles. The van der Waals surface area contributed by atoms with Gasteiger partial charge in [-0.25, -0.2) is 9.36 Å². The Labute approximate surface area is 454 Å². The smallest absolute Gasteiger partial charge is 0.406 e. The van der Waals surface area contributed by atoms with E-state index in [1.807, 2.05) is 32.0 Å². The van der Waals surface area contributed by atoms with Gasteiger partial charge < -0.3 is 50.3 Å². The molecule has 1 saturated heterocycles. The Balaban J connectivity index is 1.68. The topological polar surface area (TPSA) is 302 Å². The molecule has 0 aromatic heterocycles. The maximum atomic E-state index is 14.6. The Kier molecular flexibility index (Phi) is 27.2. The second kappa shape index (κ2) is 31.8. The molecule has 0 radical (unpaired) electrons. The summed E-state index contributed by atoms with van der Waals surface area (Å²) >= 11 is 0. The molecule has 430 valence electrons. The van der Waals surface area contributed by atoms with Crippen LogP contribution in [0.2, 0.25) is 0 Å². The number of carboxylic acid groups (broad SMARTS) is 1. The number of carbonyl (C=O) groups excluding carboxylic acids is 5. The van der Waals surface area contributed by atoms with Crippen LogP contribution in [0.25, 0.3) is 10.4 Å². The number of nitrogens with one attached hydrogen (secondary N) is 3. The minimum absolute atomic E-state index is 0.0768. The van der Waals surface area contributed by atoms with Gasteiger partial charge in [0.1, 0.15) is 12.1 Å². The maximum Gasteiger partial charge on any atom is 0.406 e. The van der Waals surface area contributed by atoms with E-state index in [0.717, 1.165) is 35.9 Å². The first-order valence-electron chi connectivity index (χ1n) is 26.6. The number of nitrogens with zero attached hydrogens (tertiary/aromatic N) is 6. The number of aliphatic hydroxyl groups excluding tert-OH is 1. The van der Waals surface area contributed by atoms with E-state index >= 15 is 0 Å². The van der Waals surface area contributed by atoms with Crippen molar-refractivity contribution in [1.82, 2.24) is 30.4 Å². The summed E-state index contributed by atoms with van der Waals surface area (Å²) in [6, 6.07) is 10.1. The third kappa shape index (κ3) is 19.2. The van der Waals surface area contributed by atoms with Crippen LogP contribution in [0.1, 0.15) is 122 Å². The minimum atomic E-state index is -4.95. The van der Waals surface area contributed by atoms with Crippen LogP contribution in [-0.2, 0) is 49.0 Å². The highest BCUT2D eigenvalue weighted by atomic mass is 31.2. The quantitative estimate of drug-likeness (QED) is 0.0154. The van der Waals surface area contributed by atoms with E-state index in [2.05, 4.69) is 26.0 Å². The number of ether oxygens (including phenoxy) is 2. The third-order valence-electron chi connectivity index (χ3n) is 14.7. The van der Waals surface area contributed by atoms with E-state index in [-0.39, 0.29) is 35.6 Å². The molecular weight excluding hydrogens is 1010 g/mol. The van der Waals surface area contributed by atoms with Gasteiger partial charge in [-0.1, -0.05) is 109 Å². The Hall–Kier alpha value is -5.44. The van der Waals surface area contributed by atoms with Gasteiger partial charge in [0.05, 0.1) is 49.3 Å². The summed E-state index contributed by atoms with van der Waals surface area (Å²) in [5, 5.41) is 32.4. The van der Waals surface area contributed by atoms with Gasteiger partial charge in [0.15, 0.2) is 6.04 Å². The molecule has 0 spiro atoms. The van der Waals surface area contributed by atoms with Crippen LogP contribution >= 0.6 is 7.75 Å². The Morgan fingerprint density at radius 3 is 2.09 bits per heavy atom. The third-order valence-corrected chi connectivity index (χ3v) is 16.3. The van der Waals surface area contributed by atoms with Crippen LogP contribution in [0.5, 0.6) is 0 Å². The molecule has 0 bridgehead atoms. The van der Waals surface area contributed by atoms with Crippen molar-refractivity contribution in [2.75, 3.05) is 54.6 Å². The molecule has 2 aromatic carbocycles. The predicted octanol–water partition coefficient (Wildman–Crippen LogP) is 6.12. The van der Waals surface area contributed by atoms with E-state index in [0.29, 0.717) is 38.0 Å². The molecule has 2 aromatic rings. The predicted molar refractivity (Wildman–Crippen MR) is 291 cm³/mol. The van der Waals surface area contributed by atoms with Crippen molar-refractivity contribution in [3.63, 3.8) is 0 Å². The summed E-state index contributed by atoms with van der Waals surface area (Å²) in [5.41, 5.74) is 10.2. The second-order valence-electron chi connectivity index (χ2n) is 20.9. The molecule has 6 N–H and O–H groups in total. The van der Waals surface area contributed by atoms with E-state index in [4.69, 9.17) is 19.5 Å². The standard InChI is InChI=1S/C54H86N9O13P/c1-13-35(6)47(43(74-11)30-44(64)63-29-27-41(31-63)49(75-12)36(7)50(66)57-37(8)48(65)39-21-17-14-18-22-39)61(9)53(69)45(33(2)3)59-52(68)46(34(4)5)62(10)77(72,73)76-32-42(54(70)71)58-51(67)40-25-23-38(24-26-40)20-16-15-19-28-56-60-55/h14,17-18,21-26,33-37,41-43,45-49,65H,13,15-16,19-20,27-32H2,1-12H3,(H,57,66)(H,58,67)(H,59,68)(H,70,71)(H,72,73)/t35-,36+,37+,41?,42-,43+,45?,46?,47-,48+,49+/m0/s1. The number of benzene rings is 2. The lowest BCUT2D eigenvalue weighted by Crippen LogP contribution is -2.59. The number of rotatable bonds is 33. The van der Waals surface area contributed by atoms with E-state index in [1.165, 1.54) is 38.3 Å². The number of likely N-dealkylation sites (N-methyl/N-ethyl adjacent to an activating group) is 2. The van der Waals surface area contributed by atoms with Gasteiger partial charge in [0.25, 0.3) is 5.91 Å². The molecule has 3 rings (SSSR count). The van der Waals surface area contributed by atoms with Crippen LogP contribution < -0.4 is 16.0 Å². The number of aliphatic hydroxyl groups is 1. The molecule has 0 aliphatic carbocycles. The number of hydrogen-bond donors (Lipinski definition) is 6. The fourth-order valence-corrected chi connectivity index (χ4v) is 11.1. The van der Waals surface area contributed by atoms with Gasteiger partial charge in [-0.15, -0.1) is 0 Å². The first-order valence-corrected chi connectivity index (χ1v) is 28.2. The number of aliphatic carboxylic acids is 1. The number of hydrogen-bond acceptors (Lipinski definition) is 12. The minimum Gasteiger partial charge on any atom is -0.480 e. The van der Waals surface area contributed by atoms with Gasteiger partial charge in [-0.2, -0.15) is 4.67 Å². The molecule has 77 heavy (non-hydrogen) atoms. The van der Waals surface area contributed by atoms with Crippen LogP contribution in [-0.4, -0.2) is 162 Å². The average molecular weight is 1100 g/mol. The van der Waals surface area contributed by atoms with Gasteiger partial charge >= 0.3 is 13.7 Å². The molecule has 1 fully saturated rings. The van der Waals surface area contributed by atoms with Gasteiger partial charge in [-0.3, -0.25) is 28.5 Å². The summed E-state index contributed by atoms with van der Waals surface area (Å²) in [4.78, 5) is 99.0. The highest BCUT2D eigenvalue weighted by Crippen LogP contribution is 2.47. The lowest BCUT2D eigenvalue weighted by Gasteiger charge is -2.40. The van der Waals surface area contributed by atoms with Crippen molar-refractivity contribution in [3.05, 3.63) is 81.7 Å². The maximum absolute atomic E-state index is 14.6. The van der Waals surface area contributed by atoms with E-state index < -0.39 is 104 Å². The number of amides is 5. The highest BCUT2D eigenvalue weighted by molar-refractivity contribution is 7.50. The lowest BCUT2D eigenvalue weighted by molar-refractivity contribution is -0.146. The van der Waals surface area contributed by atoms with Crippen LogP contribution in [0.15, 0.2) is 59.7 Å². The average Bonchev–Trinajstić information content (AvgIpc) is 3.89. The number of carbonyl (C=O) groups is 6. The zero-order valence-corrected chi connectivity index (χ0v) is 47.9. The second-order valence-corrected chi connectivity index (χ2v) is 22.8. The summed E-state index contributed by atoms with van der Waals surface area (Å²) in [7, 11) is 0.825. The van der Waals surface area contributed by atoms with Gasteiger partial charge in [-0.05, 0) is 86.2 Å². The molecule has 22 nitrogen and oxygen atoms in total. The number of aryl methyl sites for hydroxylation is 1. The first kappa shape index (κ1) is 65.8.